The molecule has 2 N–H and O–H groups in total. The van der Waals surface area contributed by atoms with Crippen molar-refractivity contribution in [1.29, 1.82) is 0 Å². The molecule has 2 rings (SSSR count). The molecule has 24 heavy (non-hydrogen) atoms. The molecule has 0 spiro atoms. The summed E-state index contributed by atoms with van der Waals surface area (Å²) in [6.45, 7) is 3.81. The Morgan fingerprint density at radius 3 is 2.29 bits per heavy atom. The Morgan fingerprint density at radius 2 is 1.79 bits per heavy atom. The number of carbonyl (C=O) groups excluding carboxylic acids is 1. The van der Waals surface area contributed by atoms with Crippen molar-refractivity contribution >= 4 is 27.7 Å². The second-order valence-corrected chi connectivity index (χ2v) is 7.94. The molecule has 1 unspecified atom stereocenters. The number of carbonyl (C=O) groups is 1. The van der Waals surface area contributed by atoms with E-state index in [9.17, 15) is 13.2 Å². The topological polar surface area (TPSA) is 86.9 Å². The van der Waals surface area contributed by atoms with Crippen molar-refractivity contribution < 1.29 is 13.2 Å². The fraction of sp³-hybridized carbons (Fsp3) is 0.533. The van der Waals surface area contributed by atoms with Crippen molar-refractivity contribution in [3.05, 3.63) is 34.9 Å². The molecule has 1 amide bonds. The van der Waals surface area contributed by atoms with E-state index in [1.54, 1.807) is 24.1 Å². The third kappa shape index (κ3) is 4.90. The molecule has 1 aromatic rings. The van der Waals surface area contributed by atoms with Crippen LogP contribution in [0.1, 0.15) is 18.5 Å². The molecule has 1 aliphatic heterocycles. The standard InChI is InChI=1S/C15H23ClN4O3S/c1-12(13-3-5-14(16)6-4-13)18(2)15(21)11-19-7-9-20(10-8-19)24(17,22)23/h3-6,12H,7-11H2,1-2H3,(H2,17,22,23). The highest BCUT2D eigenvalue weighted by atomic mass is 35.5. The minimum atomic E-state index is -3.65. The molecule has 1 aromatic carbocycles. The predicted molar refractivity (Wildman–Crippen MR) is 93.8 cm³/mol. The molecule has 0 saturated carbocycles. The largest absolute Gasteiger partial charge is 0.338 e. The van der Waals surface area contributed by atoms with E-state index in [0.29, 0.717) is 31.2 Å². The van der Waals surface area contributed by atoms with Gasteiger partial charge in [-0.05, 0) is 24.6 Å². The van der Waals surface area contributed by atoms with Crippen LogP contribution in [0.2, 0.25) is 5.02 Å². The predicted octanol–water partition coefficient (Wildman–Crippen LogP) is 0.681. The highest BCUT2D eigenvalue weighted by Gasteiger charge is 2.26. The molecule has 1 aliphatic rings. The van der Waals surface area contributed by atoms with Crippen LogP contribution >= 0.6 is 11.6 Å². The lowest BCUT2D eigenvalue weighted by atomic mass is 10.1. The average Bonchev–Trinajstić information content (AvgIpc) is 2.54. The molecule has 1 saturated heterocycles. The van der Waals surface area contributed by atoms with Gasteiger partial charge < -0.3 is 4.90 Å². The molecule has 1 fully saturated rings. The van der Waals surface area contributed by atoms with Gasteiger partial charge in [0, 0.05) is 38.2 Å². The highest BCUT2D eigenvalue weighted by molar-refractivity contribution is 7.86. The SMILES string of the molecule is CC(c1ccc(Cl)cc1)N(C)C(=O)CN1CCN(S(N)(=O)=O)CC1. The summed E-state index contributed by atoms with van der Waals surface area (Å²) in [5.41, 5.74) is 1.01. The maximum absolute atomic E-state index is 12.5. The number of nitrogens with two attached hydrogens (primary N) is 1. The fourth-order valence-electron chi connectivity index (χ4n) is 2.63. The van der Waals surface area contributed by atoms with Crippen LogP contribution in [0.4, 0.5) is 0 Å². The van der Waals surface area contributed by atoms with Gasteiger partial charge in [0.25, 0.3) is 10.2 Å². The summed E-state index contributed by atoms with van der Waals surface area (Å²) in [6, 6.07) is 7.35. The van der Waals surface area contributed by atoms with Gasteiger partial charge in [0.15, 0.2) is 0 Å². The zero-order valence-corrected chi connectivity index (χ0v) is 15.4. The van der Waals surface area contributed by atoms with Crippen LogP contribution in [-0.2, 0) is 15.0 Å². The minimum absolute atomic E-state index is 0.0125. The van der Waals surface area contributed by atoms with E-state index in [4.69, 9.17) is 16.7 Å². The summed E-state index contributed by atoms with van der Waals surface area (Å²) >= 11 is 5.89. The number of likely N-dealkylation sites (N-methyl/N-ethyl adjacent to an activating group) is 1. The number of halogens is 1. The molecule has 0 aliphatic carbocycles. The quantitative estimate of drug-likeness (QED) is 0.821. The molecular formula is C15H23ClN4O3S. The van der Waals surface area contributed by atoms with Gasteiger partial charge in [-0.2, -0.15) is 12.7 Å². The summed E-state index contributed by atoms with van der Waals surface area (Å²) in [6.07, 6.45) is 0. The Hall–Kier alpha value is -1.19. The Morgan fingerprint density at radius 1 is 1.25 bits per heavy atom. The summed E-state index contributed by atoms with van der Waals surface area (Å²) < 4.78 is 23.8. The third-order valence-corrected chi connectivity index (χ3v) is 5.71. The molecule has 7 nitrogen and oxygen atoms in total. The van der Waals surface area contributed by atoms with Crippen molar-refractivity contribution in [3.63, 3.8) is 0 Å². The van der Waals surface area contributed by atoms with E-state index in [-0.39, 0.29) is 18.5 Å². The normalized spacial score (nSPS) is 18.3. The van der Waals surface area contributed by atoms with Gasteiger partial charge in [-0.3, -0.25) is 9.69 Å². The number of amides is 1. The van der Waals surface area contributed by atoms with E-state index in [2.05, 4.69) is 0 Å². The van der Waals surface area contributed by atoms with Crippen molar-refractivity contribution in [3.8, 4) is 0 Å². The summed E-state index contributed by atoms with van der Waals surface area (Å²) in [5, 5.41) is 5.77. The second kappa shape index (κ2) is 7.79. The van der Waals surface area contributed by atoms with Gasteiger partial charge in [0.2, 0.25) is 5.91 Å². The number of hydrogen-bond acceptors (Lipinski definition) is 4. The molecule has 9 heteroatoms. The molecule has 0 bridgehead atoms. The molecule has 134 valence electrons. The summed E-state index contributed by atoms with van der Waals surface area (Å²) in [5.74, 6) is -0.0125. The van der Waals surface area contributed by atoms with Crippen molar-refractivity contribution in [2.24, 2.45) is 5.14 Å². The second-order valence-electron chi connectivity index (χ2n) is 5.95. The first kappa shape index (κ1) is 19.1. The van der Waals surface area contributed by atoms with Crippen molar-refractivity contribution in [2.45, 2.75) is 13.0 Å². The van der Waals surface area contributed by atoms with Crippen LogP contribution in [0.5, 0.6) is 0 Å². The van der Waals surface area contributed by atoms with Crippen LogP contribution in [0.15, 0.2) is 24.3 Å². The molecule has 1 atom stereocenters. The molecule has 0 radical (unpaired) electrons. The molecular weight excluding hydrogens is 352 g/mol. The Kier molecular flexibility index (Phi) is 6.22. The Balaban J connectivity index is 1.89. The van der Waals surface area contributed by atoms with E-state index >= 15 is 0 Å². The summed E-state index contributed by atoms with van der Waals surface area (Å²) in [7, 11) is -1.88. The lowest BCUT2D eigenvalue weighted by Crippen LogP contribution is -2.52. The smallest absolute Gasteiger partial charge is 0.276 e. The minimum Gasteiger partial charge on any atom is -0.338 e. The highest BCUT2D eigenvalue weighted by Crippen LogP contribution is 2.21. The van der Waals surface area contributed by atoms with Gasteiger partial charge in [0.05, 0.1) is 12.6 Å². The maximum atomic E-state index is 12.5. The number of benzene rings is 1. The zero-order valence-electron chi connectivity index (χ0n) is 13.9. The van der Waals surface area contributed by atoms with Crippen LogP contribution < -0.4 is 5.14 Å². The van der Waals surface area contributed by atoms with E-state index in [1.807, 2.05) is 24.0 Å². The van der Waals surface area contributed by atoms with Gasteiger partial charge in [0.1, 0.15) is 0 Å². The fourth-order valence-corrected chi connectivity index (χ4v) is 3.42. The van der Waals surface area contributed by atoms with Crippen LogP contribution in [0.3, 0.4) is 0 Å². The van der Waals surface area contributed by atoms with Crippen LogP contribution in [0.25, 0.3) is 0 Å². The van der Waals surface area contributed by atoms with E-state index in [1.165, 1.54) is 4.31 Å². The molecule has 1 heterocycles. The number of hydrogen-bond donors (Lipinski definition) is 1. The van der Waals surface area contributed by atoms with Gasteiger partial charge in [-0.15, -0.1) is 0 Å². The van der Waals surface area contributed by atoms with Crippen LogP contribution in [0, 0.1) is 0 Å². The lowest BCUT2D eigenvalue weighted by molar-refractivity contribution is -0.133. The summed E-state index contributed by atoms with van der Waals surface area (Å²) in [4.78, 5) is 16.1. The van der Waals surface area contributed by atoms with Crippen molar-refractivity contribution in [1.82, 2.24) is 14.1 Å². The van der Waals surface area contributed by atoms with Gasteiger partial charge in [-0.1, -0.05) is 23.7 Å². The average molecular weight is 375 g/mol. The third-order valence-electron chi connectivity index (χ3n) is 4.38. The Labute approximate surface area is 148 Å². The number of rotatable bonds is 5. The number of nitrogens with zero attached hydrogens (tertiary/aromatic N) is 3. The first-order valence-corrected chi connectivity index (χ1v) is 9.58. The van der Waals surface area contributed by atoms with Crippen molar-refractivity contribution in [2.75, 3.05) is 39.8 Å². The zero-order chi connectivity index (χ0) is 17.9. The maximum Gasteiger partial charge on any atom is 0.276 e. The monoisotopic (exact) mass is 374 g/mol. The van der Waals surface area contributed by atoms with Crippen LogP contribution in [-0.4, -0.2) is 68.2 Å². The first-order chi connectivity index (χ1) is 11.2. The van der Waals surface area contributed by atoms with Gasteiger partial charge in [-0.25, -0.2) is 5.14 Å². The lowest BCUT2D eigenvalue weighted by Gasteiger charge is -2.34. The van der Waals surface area contributed by atoms with E-state index in [0.717, 1.165) is 5.56 Å². The number of piperazine rings is 1. The van der Waals surface area contributed by atoms with Gasteiger partial charge >= 0.3 is 0 Å². The first-order valence-electron chi connectivity index (χ1n) is 7.70. The van der Waals surface area contributed by atoms with E-state index < -0.39 is 10.2 Å². The molecule has 0 aromatic heterocycles. The Bertz CT molecular complexity index is 672.